The van der Waals surface area contributed by atoms with E-state index in [1.807, 2.05) is 0 Å². The second-order valence-electron chi connectivity index (χ2n) is 4.69. The first-order valence-corrected chi connectivity index (χ1v) is 6.59. The van der Waals surface area contributed by atoms with Gasteiger partial charge in [0, 0.05) is 20.8 Å². The summed E-state index contributed by atoms with van der Waals surface area (Å²) >= 11 is 0. The maximum atomic E-state index is 11.3. The van der Waals surface area contributed by atoms with E-state index in [0.717, 1.165) is 0 Å². The van der Waals surface area contributed by atoms with Gasteiger partial charge in [0.05, 0.1) is 6.61 Å². The molecule has 0 aromatic carbocycles. The lowest BCUT2D eigenvalue weighted by molar-refractivity contribution is -0.225. The topological polar surface area (TPSA) is 88.1 Å². The lowest BCUT2D eigenvalue weighted by Crippen LogP contribution is -2.57. The minimum absolute atomic E-state index is 0.0494. The second-order valence-corrected chi connectivity index (χ2v) is 4.69. The molecule has 0 N–H and O–H groups in total. The van der Waals surface area contributed by atoms with Gasteiger partial charge in [0.15, 0.2) is 18.3 Å². The molecule has 118 valence electrons. The molecule has 1 aliphatic rings. The molecule has 0 spiro atoms. The number of esters is 3. The first-order chi connectivity index (χ1) is 9.85. The fourth-order valence-electron chi connectivity index (χ4n) is 2.18. The van der Waals surface area contributed by atoms with Crippen LogP contribution in [0.25, 0.3) is 0 Å². The third kappa shape index (κ3) is 5.18. The molecule has 1 rings (SSSR count). The highest BCUT2D eigenvalue weighted by Crippen LogP contribution is 2.26. The standard InChI is InChI=1S/C14H20O7/c1-5-6-11-13(20-9(3)16)14(21-10(4)17)12(7-18-11)19-8(2)15/h5,11-14H,1,6-7H2,2-4H3/t11-,12-,13-,14-/m0/s1. The Kier molecular flexibility index (Phi) is 6.36. The first-order valence-electron chi connectivity index (χ1n) is 6.59. The van der Waals surface area contributed by atoms with Crippen LogP contribution in [0.3, 0.4) is 0 Å². The average Bonchev–Trinajstić information content (AvgIpc) is 2.35. The zero-order valence-electron chi connectivity index (χ0n) is 12.4. The van der Waals surface area contributed by atoms with Crippen molar-refractivity contribution in [2.75, 3.05) is 6.61 Å². The summed E-state index contributed by atoms with van der Waals surface area (Å²) in [4.78, 5) is 33.7. The van der Waals surface area contributed by atoms with E-state index in [1.54, 1.807) is 6.08 Å². The summed E-state index contributed by atoms with van der Waals surface area (Å²) in [6.07, 6.45) is -1.09. The molecule has 0 aromatic rings. The maximum absolute atomic E-state index is 11.3. The van der Waals surface area contributed by atoms with Crippen LogP contribution < -0.4 is 0 Å². The molecule has 0 aromatic heterocycles. The summed E-state index contributed by atoms with van der Waals surface area (Å²) in [5.41, 5.74) is 0. The lowest BCUT2D eigenvalue weighted by atomic mass is 9.97. The molecule has 7 heteroatoms. The van der Waals surface area contributed by atoms with Gasteiger partial charge in [0.2, 0.25) is 0 Å². The third-order valence-electron chi connectivity index (χ3n) is 2.85. The predicted octanol–water partition coefficient (Wildman–Crippen LogP) is 0.756. The highest BCUT2D eigenvalue weighted by Gasteiger charge is 2.46. The SMILES string of the molecule is C=CC[C@@H]1OC[C@H](OC(C)=O)[C@H](OC(C)=O)[C@H]1OC(C)=O. The monoisotopic (exact) mass is 300 g/mol. The van der Waals surface area contributed by atoms with Crippen LogP contribution in [0.2, 0.25) is 0 Å². The average molecular weight is 300 g/mol. The van der Waals surface area contributed by atoms with E-state index in [4.69, 9.17) is 18.9 Å². The molecule has 4 atom stereocenters. The fourth-order valence-corrected chi connectivity index (χ4v) is 2.18. The largest absolute Gasteiger partial charge is 0.456 e. The Morgan fingerprint density at radius 1 is 1.05 bits per heavy atom. The summed E-state index contributed by atoms with van der Waals surface area (Å²) in [7, 11) is 0. The quantitative estimate of drug-likeness (QED) is 0.420. The van der Waals surface area contributed by atoms with Crippen molar-refractivity contribution in [2.24, 2.45) is 0 Å². The summed E-state index contributed by atoms with van der Waals surface area (Å²) in [6.45, 7) is 7.37. The summed E-state index contributed by atoms with van der Waals surface area (Å²) < 4.78 is 21.0. The van der Waals surface area contributed by atoms with E-state index in [9.17, 15) is 14.4 Å². The summed E-state index contributed by atoms with van der Waals surface area (Å²) in [6, 6.07) is 0. The van der Waals surface area contributed by atoms with E-state index < -0.39 is 42.3 Å². The fraction of sp³-hybridized carbons (Fsp3) is 0.643. The molecular weight excluding hydrogens is 280 g/mol. The highest BCUT2D eigenvalue weighted by atomic mass is 16.6. The molecule has 1 heterocycles. The highest BCUT2D eigenvalue weighted by molar-refractivity contribution is 5.68. The van der Waals surface area contributed by atoms with Crippen LogP contribution in [0.15, 0.2) is 12.7 Å². The van der Waals surface area contributed by atoms with Crippen LogP contribution in [-0.4, -0.2) is 48.9 Å². The van der Waals surface area contributed by atoms with Crippen molar-refractivity contribution in [1.82, 2.24) is 0 Å². The van der Waals surface area contributed by atoms with Gasteiger partial charge in [-0.15, -0.1) is 6.58 Å². The molecule has 0 unspecified atom stereocenters. The molecule has 1 aliphatic heterocycles. The predicted molar refractivity (Wildman–Crippen MR) is 71.2 cm³/mol. The van der Waals surface area contributed by atoms with Crippen molar-refractivity contribution in [2.45, 2.75) is 51.6 Å². The van der Waals surface area contributed by atoms with Crippen molar-refractivity contribution < 1.29 is 33.3 Å². The molecule has 0 amide bonds. The van der Waals surface area contributed by atoms with Crippen molar-refractivity contribution in [3.05, 3.63) is 12.7 Å². The van der Waals surface area contributed by atoms with Gasteiger partial charge in [-0.1, -0.05) is 6.08 Å². The number of rotatable bonds is 5. The molecule has 0 bridgehead atoms. The van der Waals surface area contributed by atoms with Crippen molar-refractivity contribution in [1.29, 1.82) is 0 Å². The Morgan fingerprint density at radius 3 is 2.05 bits per heavy atom. The van der Waals surface area contributed by atoms with E-state index >= 15 is 0 Å². The van der Waals surface area contributed by atoms with Crippen molar-refractivity contribution in [3.63, 3.8) is 0 Å². The Balaban J connectivity index is 2.99. The minimum atomic E-state index is -0.908. The zero-order chi connectivity index (χ0) is 16.0. The van der Waals surface area contributed by atoms with Gasteiger partial charge in [-0.2, -0.15) is 0 Å². The van der Waals surface area contributed by atoms with Gasteiger partial charge in [0.25, 0.3) is 0 Å². The Morgan fingerprint density at radius 2 is 1.57 bits per heavy atom. The normalized spacial score (nSPS) is 28.3. The van der Waals surface area contributed by atoms with E-state index in [2.05, 4.69) is 6.58 Å². The molecule has 1 saturated heterocycles. The molecule has 0 aliphatic carbocycles. The molecule has 0 saturated carbocycles. The van der Waals surface area contributed by atoms with Crippen molar-refractivity contribution >= 4 is 17.9 Å². The number of hydrogen-bond acceptors (Lipinski definition) is 7. The van der Waals surface area contributed by atoms with Gasteiger partial charge in [0.1, 0.15) is 6.10 Å². The number of carbonyl (C=O) groups is 3. The van der Waals surface area contributed by atoms with Crippen LogP contribution in [0.1, 0.15) is 27.2 Å². The maximum Gasteiger partial charge on any atom is 0.303 e. The smallest absolute Gasteiger partial charge is 0.303 e. The second kappa shape index (κ2) is 7.78. The van der Waals surface area contributed by atoms with Gasteiger partial charge in [-0.25, -0.2) is 0 Å². The van der Waals surface area contributed by atoms with E-state index in [1.165, 1.54) is 20.8 Å². The van der Waals surface area contributed by atoms with Gasteiger partial charge in [-0.3, -0.25) is 14.4 Å². The van der Waals surface area contributed by atoms with Crippen LogP contribution in [0.5, 0.6) is 0 Å². The Labute approximate surface area is 123 Å². The van der Waals surface area contributed by atoms with E-state index in [-0.39, 0.29) is 6.61 Å². The van der Waals surface area contributed by atoms with Crippen LogP contribution >= 0.6 is 0 Å². The van der Waals surface area contributed by atoms with E-state index in [0.29, 0.717) is 6.42 Å². The Bertz CT molecular complexity index is 418. The minimum Gasteiger partial charge on any atom is -0.456 e. The summed E-state index contributed by atoms with van der Waals surface area (Å²) in [5, 5.41) is 0. The molecular formula is C14H20O7. The van der Waals surface area contributed by atoms with Crippen molar-refractivity contribution in [3.8, 4) is 0 Å². The molecule has 7 nitrogen and oxygen atoms in total. The summed E-state index contributed by atoms with van der Waals surface area (Å²) in [5.74, 6) is -1.64. The third-order valence-corrected chi connectivity index (χ3v) is 2.85. The lowest BCUT2D eigenvalue weighted by Gasteiger charge is -2.40. The first kappa shape index (κ1) is 17.2. The number of ether oxygens (including phenoxy) is 4. The molecule has 0 radical (unpaired) electrons. The van der Waals surface area contributed by atoms with Crippen LogP contribution in [0.4, 0.5) is 0 Å². The zero-order valence-corrected chi connectivity index (χ0v) is 12.4. The van der Waals surface area contributed by atoms with Gasteiger partial charge >= 0.3 is 17.9 Å². The van der Waals surface area contributed by atoms with Gasteiger partial charge < -0.3 is 18.9 Å². The van der Waals surface area contributed by atoms with Gasteiger partial charge in [-0.05, 0) is 6.42 Å². The number of hydrogen-bond donors (Lipinski definition) is 0. The number of carbonyl (C=O) groups excluding carboxylic acids is 3. The Hall–Kier alpha value is -1.89. The van der Waals surface area contributed by atoms with Crippen LogP contribution in [-0.2, 0) is 33.3 Å². The molecule has 21 heavy (non-hydrogen) atoms. The van der Waals surface area contributed by atoms with Crippen LogP contribution in [0, 0.1) is 0 Å². The molecule has 1 fully saturated rings.